The molecule has 0 aliphatic carbocycles. The molecule has 174 valence electrons. The summed E-state index contributed by atoms with van der Waals surface area (Å²) in [5.41, 5.74) is 1.84. The summed E-state index contributed by atoms with van der Waals surface area (Å²) < 4.78 is 11.2. The zero-order valence-electron chi connectivity index (χ0n) is 19.3. The number of hydrogen-bond acceptors (Lipinski definition) is 4. The molecule has 0 atom stereocenters. The third-order valence-corrected chi connectivity index (χ3v) is 5.59. The number of cyclic esters (lactones) is 1. The Bertz CT molecular complexity index is 978. The predicted molar refractivity (Wildman–Crippen MR) is 136 cm³/mol. The fourth-order valence-corrected chi connectivity index (χ4v) is 3.76. The van der Waals surface area contributed by atoms with E-state index in [1.54, 1.807) is 6.08 Å². The molecule has 0 saturated heterocycles. The van der Waals surface area contributed by atoms with Crippen molar-refractivity contribution < 1.29 is 14.3 Å². The van der Waals surface area contributed by atoms with Crippen molar-refractivity contribution in [3.05, 3.63) is 82.5 Å². The van der Waals surface area contributed by atoms with Gasteiger partial charge in [0.05, 0.1) is 6.61 Å². The van der Waals surface area contributed by atoms with E-state index in [2.05, 4.69) is 11.9 Å². The molecular weight excluding hydrogens is 434 g/mol. The molecular formula is C28H32ClNO3. The number of esters is 1. The topological polar surface area (TPSA) is 47.9 Å². The van der Waals surface area contributed by atoms with Crippen molar-refractivity contribution in [2.45, 2.75) is 58.3 Å². The number of ether oxygens (including phenoxy) is 2. The van der Waals surface area contributed by atoms with E-state index in [4.69, 9.17) is 21.1 Å². The zero-order valence-corrected chi connectivity index (χ0v) is 20.0. The first kappa shape index (κ1) is 24.8. The lowest BCUT2D eigenvalue weighted by atomic mass is 10.1. The van der Waals surface area contributed by atoms with Crippen LogP contribution in [0.3, 0.4) is 0 Å². The second kappa shape index (κ2) is 13.6. The fourth-order valence-electron chi connectivity index (χ4n) is 3.53. The molecule has 0 bridgehead atoms. The minimum Gasteiger partial charge on any atom is -0.494 e. The lowest BCUT2D eigenvalue weighted by Crippen LogP contribution is -2.05. The molecule has 3 rings (SSSR count). The number of aliphatic imine (C=N–C) groups is 1. The maximum Gasteiger partial charge on any atom is 0.363 e. The highest BCUT2D eigenvalue weighted by atomic mass is 35.5. The number of nitrogens with zero attached hydrogens (tertiary/aromatic N) is 1. The van der Waals surface area contributed by atoms with Crippen molar-refractivity contribution in [3.63, 3.8) is 0 Å². The van der Waals surface area contributed by atoms with E-state index in [9.17, 15) is 4.79 Å². The Hall–Kier alpha value is -2.85. The number of rotatable bonds is 13. The van der Waals surface area contributed by atoms with Crippen LogP contribution in [0.5, 0.6) is 5.75 Å². The summed E-state index contributed by atoms with van der Waals surface area (Å²) in [5.74, 6) is 0.556. The van der Waals surface area contributed by atoms with E-state index in [1.165, 1.54) is 51.0 Å². The Labute approximate surface area is 202 Å². The van der Waals surface area contributed by atoms with Gasteiger partial charge in [-0.3, -0.25) is 0 Å². The van der Waals surface area contributed by atoms with Crippen molar-refractivity contribution in [2.75, 3.05) is 6.61 Å². The van der Waals surface area contributed by atoms with Gasteiger partial charge in [0.1, 0.15) is 5.75 Å². The van der Waals surface area contributed by atoms with Crippen LogP contribution in [0.4, 0.5) is 0 Å². The Morgan fingerprint density at radius 1 is 0.939 bits per heavy atom. The van der Waals surface area contributed by atoms with Crippen molar-refractivity contribution in [2.24, 2.45) is 4.99 Å². The Balaban J connectivity index is 1.47. The van der Waals surface area contributed by atoms with Gasteiger partial charge in [-0.15, -0.1) is 0 Å². The van der Waals surface area contributed by atoms with Crippen LogP contribution in [0, 0.1) is 0 Å². The molecule has 5 heteroatoms. The first-order valence-corrected chi connectivity index (χ1v) is 12.2. The monoisotopic (exact) mass is 465 g/mol. The molecule has 2 aromatic rings. The van der Waals surface area contributed by atoms with Gasteiger partial charge in [0, 0.05) is 10.6 Å². The first-order valence-electron chi connectivity index (χ1n) is 11.8. The van der Waals surface area contributed by atoms with Gasteiger partial charge < -0.3 is 9.47 Å². The molecule has 0 radical (unpaired) electrons. The first-order chi connectivity index (χ1) is 16.2. The van der Waals surface area contributed by atoms with Crippen LogP contribution in [-0.4, -0.2) is 18.5 Å². The largest absolute Gasteiger partial charge is 0.494 e. The highest BCUT2D eigenvalue weighted by molar-refractivity contribution is 6.33. The lowest BCUT2D eigenvalue weighted by molar-refractivity contribution is -0.130. The van der Waals surface area contributed by atoms with Gasteiger partial charge >= 0.3 is 5.97 Å². The van der Waals surface area contributed by atoms with Crippen LogP contribution in [0.25, 0.3) is 6.08 Å². The quantitative estimate of drug-likeness (QED) is 0.173. The summed E-state index contributed by atoms with van der Waals surface area (Å²) in [6, 6.07) is 17.1. The summed E-state index contributed by atoms with van der Waals surface area (Å²) in [7, 11) is 0. The number of carbonyl (C=O) groups is 1. The second-order valence-corrected chi connectivity index (χ2v) is 8.56. The third kappa shape index (κ3) is 8.54. The number of carbonyl (C=O) groups excluding carboxylic acids is 1. The molecule has 0 fully saturated rings. The van der Waals surface area contributed by atoms with E-state index < -0.39 is 5.97 Å². The second-order valence-electron chi connectivity index (χ2n) is 8.12. The maximum absolute atomic E-state index is 12.2. The summed E-state index contributed by atoms with van der Waals surface area (Å²) >= 11 is 6.27. The summed E-state index contributed by atoms with van der Waals surface area (Å²) in [5, 5.41) is 0.405. The average Bonchev–Trinajstić information content (AvgIpc) is 3.19. The number of unbranched alkanes of at least 4 members (excludes halogenated alkanes) is 7. The zero-order chi connectivity index (χ0) is 23.3. The van der Waals surface area contributed by atoms with E-state index >= 15 is 0 Å². The molecule has 0 spiro atoms. The predicted octanol–water partition coefficient (Wildman–Crippen LogP) is 7.67. The maximum atomic E-state index is 12.2. The van der Waals surface area contributed by atoms with Crippen LogP contribution in [0.15, 0.2) is 76.4 Å². The van der Waals surface area contributed by atoms with Gasteiger partial charge in [0.15, 0.2) is 5.70 Å². The van der Waals surface area contributed by atoms with E-state index in [-0.39, 0.29) is 11.6 Å². The van der Waals surface area contributed by atoms with Crippen LogP contribution in [0.1, 0.15) is 69.4 Å². The summed E-state index contributed by atoms with van der Waals surface area (Å²) in [4.78, 5) is 16.5. The van der Waals surface area contributed by atoms with Gasteiger partial charge in [-0.05, 0) is 48.4 Å². The van der Waals surface area contributed by atoms with E-state index in [0.29, 0.717) is 17.2 Å². The molecule has 1 heterocycles. The minimum absolute atomic E-state index is 0.178. The van der Waals surface area contributed by atoms with E-state index in [1.807, 2.05) is 54.6 Å². The number of allylic oxidation sites excluding steroid dienone is 2. The Morgan fingerprint density at radius 2 is 1.61 bits per heavy atom. The smallest absolute Gasteiger partial charge is 0.363 e. The third-order valence-electron chi connectivity index (χ3n) is 5.37. The number of benzene rings is 2. The molecule has 4 nitrogen and oxygen atoms in total. The summed E-state index contributed by atoms with van der Waals surface area (Å²) in [6.07, 6.45) is 13.5. The fraction of sp³-hybridized carbons (Fsp3) is 0.357. The SMILES string of the molecule is CCCCCCCCCCOc1ccc(C2=NC(=CC(Cl)=Cc3ccccc3)C(=O)O2)cc1. The molecule has 1 aliphatic heterocycles. The molecule has 33 heavy (non-hydrogen) atoms. The molecule has 1 aliphatic rings. The number of halogens is 1. The highest BCUT2D eigenvalue weighted by Crippen LogP contribution is 2.22. The van der Waals surface area contributed by atoms with Gasteiger partial charge in [-0.2, -0.15) is 0 Å². The number of hydrogen-bond donors (Lipinski definition) is 0. The Kier molecular flexibility index (Phi) is 10.2. The van der Waals surface area contributed by atoms with Crippen LogP contribution >= 0.6 is 11.6 Å². The molecule has 0 unspecified atom stereocenters. The van der Waals surface area contributed by atoms with Crippen LogP contribution in [0.2, 0.25) is 0 Å². The van der Waals surface area contributed by atoms with Gasteiger partial charge in [-0.25, -0.2) is 9.79 Å². The van der Waals surface area contributed by atoms with Crippen molar-refractivity contribution in [1.29, 1.82) is 0 Å². The molecule has 0 N–H and O–H groups in total. The lowest BCUT2D eigenvalue weighted by Gasteiger charge is -2.07. The van der Waals surface area contributed by atoms with Crippen molar-refractivity contribution in [3.8, 4) is 5.75 Å². The molecule has 2 aromatic carbocycles. The minimum atomic E-state index is -0.514. The van der Waals surface area contributed by atoms with Gasteiger partial charge in [0.2, 0.25) is 5.90 Å². The molecule has 0 saturated carbocycles. The van der Waals surface area contributed by atoms with Crippen molar-refractivity contribution in [1.82, 2.24) is 0 Å². The molecule has 0 amide bonds. The normalized spacial score (nSPS) is 15.0. The van der Waals surface area contributed by atoms with Crippen molar-refractivity contribution >= 4 is 29.5 Å². The molecule has 0 aromatic heterocycles. The average molecular weight is 466 g/mol. The standard InChI is InChI=1S/C28H32ClNO3/c1-2-3-4-5-6-7-8-12-19-32-25-17-15-23(16-18-25)27-30-26(28(31)33-27)21-24(29)20-22-13-10-9-11-14-22/h9-11,13-18,20-21H,2-8,12,19H2,1H3. The Morgan fingerprint density at radius 3 is 2.30 bits per heavy atom. The van der Waals surface area contributed by atoms with Gasteiger partial charge in [-0.1, -0.05) is 93.8 Å². The highest BCUT2D eigenvalue weighted by Gasteiger charge is 2.24. The van der Waals surface area contributed by atoms with Crippen LogP contribution in [-0.2, 0) is 9.53 Å². The van der Waals surface area contributed by atoms with Crippen LogP contribution < -0.4 is 4.74 Å². The van der Waals surface area contributed by atoms with Gasteiger partial charge in [0.25, 0.3) is 0 Å². The summed E-state index contributed by atoms with van der Waals surface area (Å²) in [6.45, 7) is 2.96. The van der Waals surface area contributed by atoms with E-state index in [0.717, 1.165) is 17.7 Å².